The Bertz CT molecular complexity index is 333. The van der Waals surface area contributed by atoms with Crippen LogP contribution in [0.5, 0.6) is 5.75 Å². The van der Waals surface area contributed by atoms with Gasteiger partial charge in [-0.15, -0.1) is 0 Å². The molecule has 0 unspecified atom stereocenters. The SMILES string of the molecule is CC(C)(CCO)NCc1cc(O)cc(F)c1. The van der Waals surface area contributed by atoms with E-state index in [-0.39, 0.29) is 17.9 Å². The molecule has 1 aromatic carbocycles. The van der Waals surface area contributed by atoms with E-state index in [0.717, 1.165) is 6.07 Å². The van der Waals surface area contributed by atoms with Crippen molar-refractivity contribution in [2.45, 2.75) is 32.4 Å². The molecule has 0 saturated carbocycles. The summed E-state index contributed by atoms with van der Waals surface area (Å²) in [5.41, 5.74) is 0.472. The Labute approximate surface area is 94.9 Å². The van der Waals surface area contributed by atoms with Gasteiger partial charge in [-0.25, -0.2) is 4.39 Å². The minimum atomic E-state index is -0.447. The van der Waals surface area contributed by atoms with Gasteiger partial charge in [-0.1, -0.05) is 0 Å². The fourth-order valence-electron chi connectivity index (χ4n) is 1.44. The fraction of sp³-hybridized carbons (Fsp3) is 0.500. The molecule has 3 N–H and O–H groups in total. The van der Waals surface area contributed by atoms with Crippen LogP contribution in [0.2, 0.25) is 0 Å². The van der Waals surface area contributed by atoms with Gasteiger partial charge in [0, 0.05) is 24.8 Å². The Morgan fingerprint density at radius 2 is 2.00 bits per heavy atom. The van der Waals surface area contributed by atoms with E-state index < -0.39 is 5.82 Å². The van der Waals surface area contributed by atoms with Gasteiger partial charge in [0.1, 0.15) is 11.6 Å². The third-order valence-electron chi connectivity index (χ3n) is 2.45. The van der Waals surface area contributed by atoms with Crippen LogP contribution in [0.3, 0.4) is 0 Å². The Morgan fingerprint density at radius 1 is 1.31 bits per heavy atom. The summed E-state index contributed by atoms with van der Waals surface area (Å²) >= 11 is 0. The van der Waals surface area contributed by atoms with Crippen molar-refractivity contribution in [3.8, 4) is 5.75 Å². The summed E-state index contributed by atoms with van der Waals surface area (Å²) in [5, 5.41) is 21.3. The van der Waals surface area contributed by atoms with E-state index in [2.05, 4.69) is 5.32 Å². The predicted octanol–water partition coefficient (Wildman–Crippen LogP) is 1.78. The maximum atomic E-state index is 13.0. The zero-order valence-corrected chi connectivity index (χ0v) is 9.63. The van der Waals surface area contributed by atoms with Crippen molar-refractivity contribution in [1.29, 1.82) is 0 Å². The van der Waals surface area contributed by atoms with Crippen LogP contribution in [0.25, 0.3) is 0 Å². The molecule has 0 spiro atoms. The second-order valence-corrected chi connectivity index (χ2v) is 4.53. The van der Waals surface area contributed by atoms with Gasteiger partial charge in [-0.2, -0.15) is 0 Å². The van der Waals surface area contributed by atoms with Crippen LogP contribution in [-0.2, 0) is 6.54 Å². The second-order valence-electron chi connectivity index (χ2n) is 4.53. The summed E-state index contributed by atoms with van der Waals surface area (Å²) in [6.07, 6.45) is 0.619. The van der Waals surface area contributed by atoms with Crippen molar-refractivity contribution >= 4 is 0 Å². The van der Waals surface area contributed by atoms with E-state index in [1.54, 1.807) is 0 Å². The summed E-state index contributed by atoms with van der Waals surface area (Å²) in [7, 11) is 0. The summed E-state index contributed by atoms with van der Waals surface area (Å²) in [6, 6.07) is 3.97. The number of nitrogens with one attached hydrogen (secondary N) is 1. The van der Waals surface area contributed by atoms with E-state index in [4.69, 9.17) is 5.11 Å². The quantitative estimate of drug-likeness (QED) is 0.718. The Balaban J connectivity index is 2.60. The van der Waals surface area contributed by atoms with Crippen LogP contribution < -0.4 is 5.32 Å². The Hall–Kier alpha value is -1.13. The molecule has 16 heavy (non-hydrogen) atoms. The average molecular weight is 227 g/mol. The van der Waals surface area contributed by atoms with Crippen molar-refractivity contribution in [2.24, 2.45) is 0 Å². The maximum absolute atomic E-state index is 13.0. The van der Waals surface area contributed by atoms with Crippen LogP contribution in [0.1, 0.15) is 25.8 Å². The molecular formula is C12H18FNO2. The topological polar surface area (TPSA) is 52.5 Å². The molecule has 1 aromatic rings. The highest BCUT2D eigenvalue weighted by atomic mass is 19.1. The highest BCUT2D eigenvalue weighted by Gasteiger charge is 2.15. The van der Waals surface area contributed by atoms with Crippen LogP contribution in [0, 0.1) is 5.82 Å². The van der Waals surface area contributed by atoms with Crippen LogP contribution >= 0.6 is 0 Å². The molecule has 0 fully saturated rings. The molecule has 0 aliphatic heterocycles. The van der Waals surface area contributed by atoms with Crippen LogP contribution in [0.15, 0.2) is 18.2 Å². The highest BCUT2D eigenvalue weighted by molar-refractivity contribution is 5.28. The van der Waals surface area contributed by atoms with Gasteiger partial charge in [0.25, 0.3) is 0 Å². The van der Waals surface area contributed by atoms with Gasteiger partial charge in [0.15, 0.2) is 0 Å². The standard InChI is InChI=1S/C12H18FNO2/c1-12(2,3-4-15)14-8-9-5-10(13)7-11(16)6-9/h5-7,14-16H,3-4,8H2,1-2H3. The van der Waals surface area contributed by atoms with Crippen LogP contribution in [0.4, 0.5) is 4.39 Å². The minimum absolute atomic E-state index is 0.0724. The smallest absolute Gasteiger partial charge is 0.127 e. The lowest BCUT2D eigenvalue weighted by Gasteiger charge is -2.25. The maximum Gasteiger partial charge on any atom is 0.127 e. The van der Waals surface area contributed by atoms with Gasteiger partial charge in [-0.3, -0.25) is 0 Å². The van der Waals surface area contributed by atoms with Crippen molar-refractivity contribution in [2.75, 3.05) is 6.61 Å². The Morgan fingerprint density at radius 3 is 2.56 bits per heavy atom. The van der Waals surface area contributed by atoms with Gasteiger partial charge in [0.2, 0.25) is 0 Å². The monoisotopic (exact) mass is 227 g/mol. The molecule has 90 valence electrons. The molecule has 4 heteroatoms. The number of aliphatic hydroxyl groups is 1. The number of halogens is 1. The number of phenols is 1. The minimum Gasteiger partial charge on any atom is -0.508 e. The van der Waals surface area contributed by atoms with Gasteiger partial charge >= 0.3 is 0 Å². The number of aromatic hydroxyl groups is 1. The third-order valence-corrected chi connectivity index (χ3v) is 2.45. The van der Waals surface area contributed by atoms with E-state index in [1.165, 1.54) is 12.1 Å². The van der Waals surface area contributed by atoms with Crippen molar-refractivity contribution < 1.29 is 14.6 Å². The molecule has 0 aromatic heterocycles. The fourth-order valence-corrected chi connectivity index (χ4v) is 1.44. The van der Waals surface area contributed by atoms with Crippen LogP contribution in [-0.4, -0.2) is 22.4 Å². The third kappa shape index (κ3) is 4.16. The summed E-state index contributed by atoms with van der Waals surface area (Å²) in [6.45, 7) is 4.48. The number of rotatable bonds is 5. The molecule has 0 aliphatic rings. The molecule has 0 radical (unpaired) electrons. The molecule has 0 heterocycles. The first-order chi connectivity index (χ1) is 7.43. The Kier molecular flexibility index (Phi) is 4.26. The molecule has 1 rings (SSSR count). The van der Waals surface area contributed by atoms with Crippen molar-refractivity contribution in [3.05, 3.63) is 29.6 Å². The lowest BCUT2D eigenvalue weighted by atomic mass is 10.0. The summed E-state index contributed by atoms with van der Waals surface area (Å²) in [4.78, 5) is 0. The van der Waals surface area contributed by atoms with Gasteiger partial charge < -0.3 is 15.5 Å². The van der Waals surface area contributed by atoms with E-state index in [1.807, 2.05) is 13.8 Å². The molecular weight excluding hydrogens is 209 g/mol. The molecule has 3 nitrogen and oxygen atoms in total. The van der Waals surface area contributed by atoms with E-state index >= 15 is 0 Å². The lowest BCUT2D eigenvalue weighted by molar-refractivity contribution is 0.230. The molecule has 0 aliphatic carbocycles. The second kappa shape index (κ2) is 5.27. The summed E-state index contributed by atoms with van der Waals surface area (Å²) < 4.78 is 13.0. The number of benzene rings is 1. The zero-order chi connectivity index (χ0) is 12.2. The van der Waals surface area contributed by atoms with Gasteiger partial charge in [-0.05, 0) is 38.0 Å². The predicted molar refractivity (Wildman–Crippen MR) is 60.7 cm³/mol. The van der Waals surface area contributed by atoms with E-state index in [9.17, 15) is 9.50 Å². The number of phenolic OH excluding ortho intramolecular Hbond substituents is 1. The summed E-state index contributed by atoms with van der Waals surface area (Å²) in [5.74, 6) is -0.520. The zero-order valence-electron chi connectivity index (χ0n) is 9.63. The number of hydrogen-bond donors (Lipinski definition) is 3. The van der Waals surface area contributed by atoms with Crippen molar-refractivity contribution in [1.82, 2.24) is 5.32 Å². The first-order valence-electron chi connectivity index (χ1n) is 5.27. The number of aliphatic hydroxyl groups excluding tert-OH is 1. The molecule has 0 amide bonds. The lowest BCUT2D eigenvalue weighted by Crippen LogP contribution is -2.39. The average Bonchev–Trinajstić information content (AvgIpc) is 2.13. The van der Waals surface area contributed by atoms with E-state index in [0.29, 0.717) is 18.5 Å². The molecule has 0 saturated heterocycles. The first kappa shape index (κ1) is 12.9. The van der Waals surface area contributed by atoms with Crippen molar-refractivity contribution in [3.63, 3.8) is 0 Å². The van der Waals surface area contributed by atoms with Gasteiger partial charge in [0.05, 0.1) is 0 Å². The highest BCUT2D eigenvalue weighted by Crippen LogP contribution is 2.16. The first-order valence-corrected chi connectivity index (χ1v) is 5.27. The largest absolute Gasteiger partial charge is 0.508 e. The number of hydrogen-bond acceptors (Lipinski definition) is 3. The molecule has 0 bridgehead atoms. The molecule has 0 atom stereocenters. The normalized spacial score (nSPS) is 11.8.